The Labute approximate surface area is 238 Å². The van der Waals surface area contributed by atoms with Gasteiger partial charge in [0, 0.05) is 34.5 Å². The molecule has 1 fully saturated rings. The van der Waals surface area contributed by atoms with Gasteiger partial charge in [-0.3, -0.25) is 9.36 Å². The van der Waals surface area contributed by atoms with E-state index in [1.54, 1.807) is 12.1 Å². The predicted molar refractivity (Wildman–Crippen MR) is 159 cm³/mol. The lowest BCUT2D eigenvalue weighted by atomic mass is 9.95. The second-order valence-electron chi connectivity index (χ2n) is 10.2. The predicted octanol–water partition coefficient (Wildman–Crippen LogP) is 2.96. The van der Waals surface area contributed by atoms with Crippen molar-refractivity contribution >= 4 is 44.0 Å². The Morgan fingerprint density at radius 1 is 1.17 bits per heavy atom. The van der Waals surface area contributed by atoms with Gasteiger partial charge in [0.15, 0.2) is 11.6 Å². The van der Waals surface area contributed by atoms with Crippen molar-refractivity contribution in [2.75, 3.05) is 11.1 Å². The monoisotopic (exact) mass is 585 g/mol. The van der Waals surface area contributed by atoms with Crippen LogP contribution < -0.4 is 33.1 Å². The molecule has 1 aromatic heterocycles. The van der Waals surface area contributed by atoms with Gasteiger partial charge in [-0.1, -0.05) is 32.6 Å². The van der Waals surface area contributed by atoms with Crippen molar-refractivity contribution in [2.24, 2.45) is 0 Å². The molecule has 1 heterocycles. The van der Waals surface area contributed by atoms with Gasteiger partial charge in [0.1, 0.15) is 6.54 Å². The molecule has 5 N–H and O–H groups in total. The van der Waals surface area contributed by atoms with Gasteiger partial charge in [0.25, 0.3) is 0 Å². The Morgan fingerprint density at radius 2 is 1.90 bits per heavy atom. The first-order valence-electron chi connectivity index (χ1n) is 13.6. The van der Waals surface area contributed by atoms with E-state index >= 15 is 0 Å². The number of halogens is 2. The molecule has 1 unspecified atom stereocenters. The molecule has 41 heavy (non-hydrogen) atoms. The average Bonchev–Trinajstić information content (AvgIpc) is 2.93. The molecule has 1 aliphatic carbocycles. The van der Waals surface area contributed by atoms with Crippen LogP contribution >= 0.6 is 9.24 Å². The van der Waals surface area contributed by atoms with E-state index < -0.39 is 35.5 Å². The minimum absolute atomic E-state index is 0.0173. The van der Waals surface area contributed by atoms with E-state index in [9.17, 15) is 23.2 Å². The van der Waals surface area contributed by atoms with Crippen molar-refractivity contribution in [3.05, 3.63) is 73.6 Å². The Morgan fingerprint density at radius 3 is 2.56 bits per heavy atom. The van der Waals surface area contributed by atoms with E-state index in [0.29, 0.717) is 23.4 Å². The minimum atomic E-state index is -1.09. The third kappa shape index (κ3) is 7.05. The third-order valence-corrected chi connectivity index (χ3v) is 7.53. The lowest BCUT2D eigenvalue weighted by Crippen LogP contribution is -2.47. The number of nitrogens with two attached hydrogens (primary N) is 1. The Balaban J connectivity index is 1.78. The summed E-state index contributed by atoms with van der Waals surface area (Å²) in [6.45, 7) is 1.17. The molecule has 10 nitrogen and oxygen atoms in total. The molecule has 1 aliphatic rings. The maximum absolute atomic E-state index is 14.2. The highest BCUT2D eigenvalue weighted by atomic mass is 31.0. The molecule has 1 amide bonds. The lowest BCUT2D eigenvalue weighted by molar-refractivity contribution is -0.122. The van der Waals surface area contributed by atoms with Crippen LogP contribution in [0.25, 0.3) is 0 Å². The van der Waals surface area contributed by atoms with Crippen LogP contribution in [-0.2, 0) is 24.3 Å². The van der Waals surface area contributed by atoms with Crippen molar-refractivity contribution in [1.29, 1.82) is 5.41 Å². The summed E-state index contributed by atoms with van der Waals surface area (Å²) in [6, 6.07) is 5.63. The van der Waals surface area contributed by atoms with Gasteiger partial charge >= 0.3 is 11.4 Å². The number of benzene rings is 2. The van der Waals surface area contributed by atoms with Crippen molar-refractivity contribution in [1.82, 2.24) is 19.4 Å². The fourth-order valence-electron chi connectivity index (χ4n) is 5.03. The lowest BCUT2D eigenvalue weighted by Gasteiger charge is -2.23. The van der Waals surface area contributed by atoms with Crippen LogP contribution in [0.2, 0.25) is 0 Å². The van der Waals surface area contributed by atoms with Crippen LogP contribution in [0.15, 0.2) is 33.9 Å². The summed E-state index contributed by atoms with van der Waals surface area (Å²) in [7, 11) is 2.11. The van der Waals surface area contributed by atoms with Gasteiger partial charge in [0.05, 0.1) is 6.54 Å². The molecule has 13 heteroatoms. The number of aryl methyl sites for hydroxylation is 1. The molecule has 1 saturated carbocycles. The van der Waals surface area contributed by atoms with Gasteiger partial charge in [-0.05, 0) is 54.7 Å². The molecule has 2 aromatic carbocycles. The third-order valence-electron chi connectivity index (χ3n) is 7.11. The molecule has 0 bridgehead atoms. The molecule has 218 valence electrons. The zero-order valence-electron chi connectivity index (χ0n) is 22.8. The maximum Gasteiger partial charge on any atom is 0.355 e. The summed E-state index contributed by atoms with van der Waals surface area (Å²) in [5, 5.41) is 13.6. The highest BCUT2D eigenvalue weighted by molar-refractivity contribution is 7.27. The van der Waals surface area contributed by atoms with E-state index in [1.165, 1.54) is 6.07 Å². The number of carbonyl (C=O) groups excluding carboxylic acids is 1. The summed E-state index contributed by atoms with van der Waals surface area (Å²) in [6.07, 6.45) is 7.22. The molecule has 4 rings (SSSR count). The molecule has 0 radical (unpaired) electrons. The van der Waals surface area contributed by atoms with Crippen molar-refractivity contribution < 1.29 is 13.6 Å². The summed E-state index contributed by atoms with van der Waals surface area (Å²) < 4.78 is 30.0. The van der Waals surface area contributed by atoms with Crippen molar-refractivity contribution in [3.8, 4) is 0 Å². The first-order chi connectivity index (χ1) is 19.6. The summed E-state index contributed by atoms with van der Waals surface area (Å²) >= 11 is 0. The highest BCUT2D eigenvalue weighted by Gasteiger charge is 2.21. The number of rotatable bonds is 10. The second-order valence-corrected chi connectivity index (χ2v) is 10.8. The first-order valence-corrected chi connectivity index (χ1v) is 14.1. The van der Waals surface area contributed by atoms with Crippen molar-refractivity contribution in [3.63, 3.8) is 0 Å². The number of carbonyl (C=O) groups is 1. The Bertz CT molecular complexity index is 1560. The van der Waals surface area contributed by atoms with Gasteiger partial charge in [-0.15, -0.1) is 9.24 Å². The van der Waals surface area contributed by atoms with Crippen LogP contribution in [-0.4, -0.2) is 32.3 Å². The molecular formula is C28H34F2N7O3P. The number of nitrogens with zero attached hydrogens (tertiary/aromatic N) is 3. The highest BCUT2D eigenvalue weighted by Crippen LogP contribution is 2.26. The minimum Gasteiger partial charge on any atom is -0.398 e. The number of hydrogen-bond acceptors (Lipinski definition) is 7. The Hall–Kier alpha value is -3.92. The standard InChI is InChI=1S/C28H34F2N7O3P/c1-2-6-17-11-21(32)18(13-31)12-22(17)34-26-35-27(39)37(15-24(38)33-19-7-4-3-5-8-19)28(40)36(26)14-16-9-20(29)25(30)23(41)10-16/h9-13,19,31H,2-8,14-15,32,41H2,1H3,(H,33,38)(H,34,35,39). The largest absolute Gasteiger partial charge is 0.398 e. The van der Waals surface area contributed by atoms with Gasteiger partial charge in [0.2, 0.25) is 11.9 Å². The molecule has 0 aliphatic heterocycles. The van der Waals surface area contributed by atoms with Gasteiger partial charge in [-0.25, -0.2) is 22.9 Å². The van der Waals surface area contributed by atoms with Gasteiger partial charge < -0.3 is 21.8 Å². The quantitative estimate of drug-likeness (QED) is 0.163. The topological polar surface area (TPSA) is 148 Å². The van der Waals surface area contributed by atoms with E-state index in [1.807, 2.05) is 6.92 Å². The summed E-state index contributed by atoms with van der Waals surface area (Å²) in [4.78, 5) is 43.6. The fraction of sp³-hybridized carbons (Fsp3) is 0.393. The maximum atomic E-state index is 14.2. The van der Waals surface area contributed by atoms with Crippen molar-refractivity contribution in [2.45, 2.75) is 71.0 Å². The normalized spacial score (nSPS) is 13.7. The number of nitrogen functional groups attached to an aromatic ring is 1. The number of aromatic nitrogens is 3. The summed E-state index contributed by atoms with van der Waals surface area (Å²) in [5.41, 5.74) is 6.59. The number of hydrogen-bond donors (Lipinski definition) is 4. The number of anilines is 3. The zero-order valence-corrected chi connectivity index (χ0v) is 24.0. The molecular weight excluding hydrogens is 551 g/mol. The van der Waals surface area contributed by atoms with Crippen LogP contribution in [0.4, 0.5) is 26.1 Å². The van der Waals surface area contributed by atoms with Crippen LogP contribution in [0.1, 0.15) is 62.1 Å². The molecule has 0 saturated heterocycles. The molecule has 1 atom stereocenters. The first kappa shape index (κ1) is 30.0. The molecule has 3 aromatic rings. The average molecular weight is 586 g/mol. The van der Waals surface area contributed by atoms with Gasteiger partial charge in [-0.2, -0.15) is 4.98 Å². The smallest absolute Gasteiger partial charge is 0.355 e. The van der Waals surface area contributed by atoms with E-state index in [2.05, 4.69) is 24.9 Å². The second kappa shape index (κ2) is 13.2. The van der Waals surface area contributed by atoms with E-state index in [4.69, 9.17) is 11.1 Å². The van der Waals surface area contributed by atoms with Crippen LogP contribution in [0.5, 0.6) is 0 Å². The van der Waals surface area contributed by atoms with E-state index in [-0.39, 0.29) is 29.4 Å². The molecule has 0 spiro atoms. The zero-order chi connectivity index (χ0) is 29.7. The summed E-state index contributed by atoms with van der Waals surface area (Å²) in [5.74, 6) is -2.76. The number of amides is 1. The van der Waals surface area contributed by atoms with E-state index in [0.717, 1.165) is 65.5 Å². The van der Waals surface area contributed by atoms with Crippen LogP contribution in [0.3, 0.4) is 0 Å². The van der Waals surface area contributed by atoms with Crippen LogP contribution in [0, 0.1) is 17.0 Å². The SMILES string of the molecule is CCCc1cc(N)c(C=N)cc1Nc1nc(=O)n(CC(=O)NC2CCCCC2)c(=O)n1Cc1cc(F)c(F)c(P)c1. The Kier molecular flexibility index (Phi) is 9.65. The fourth-order valence-corrected chi connectivity index (χ4v) is 5.38. The number of nitrogens with one attached hydrogen (secondary N) is 3.